The number of benzene rings is 3. The number of anilines is 1. The van der Waals surface area contributed by atoms with Gasteiger partial charge in [-0.15, -0.1) is 10.2 Å². The highest BCUT2D eigenvalue weighted by Gasteiger charge is 2.14. The molecule has 1 amide bonds. The van der Waals surface area contributed by atoms with Crippen LogP contribution in [0.5, 0.6) is 0 Å². The molecular formula is C22H15ClFN5O2S. The number of carbonyl (C=O) groups excluding carboxylic acids is 1. The molecule has 0 radical (unpaired) electrons. The Morgan fingerprint density at radius 2 is 1.69 bits per heavy atom. The minimum atomic E-state index is -0.415. The van der Waals surface area contributed by atoms with Crippen LogP contribution in [-0.2, 0) is 0 Å². The number of halogens is 2. The molecule has 160 valence electrons. The third-order valence-electron chi connectivity index (χ3n) is 4.30. The number of amides is 1. The molecule has 0 aliphatic carbocycles. The van der Waals surface area contributed by atoms with E-state index in [4.69, 9.17) is 28.2 Å². The van der Waals surface area contributed by atoms with Crippen molar-refractivity contribution < 1.29 is 13.6 Å². The molecule has 0 saturated carbocycles. The van der Waals surface area contributed by atoms with Gasteiger partial charge in [0.25, 0.3) is 5.91 Å². The zero-order valence-corrected chi connectivity index (χ0v) is 17.9. The standard InChI is InChI=1S/C22H15ClFN5O2S/c23-18-7-2-1-6-17(18)21-28-27-20(31-21)14-10-8-13(9-11-14)19(30)26-29-22(32)25-16-5-3-4-15(24)12-16/h1-12H,(H,26,30)(H2,25,29,32). The number of thiocarbonyl (C=S) groups is 1. The number of hydrogen-bond acceptors (Lipinski definition) is 5. The molecule has 3 N–H and O–H groups in total. The maximum Gasteiger partial charge on any atom is 0.269 e. The summed E-state index contributed by atoms with van der Waals surface area (Å²) in [6.45, 7) is 0. The van der Waals surface area contributed by atoms with Crippen molar-refractivity contribution in [2.45, 2.75) is 0 Å². The Morgan fingerprint density at radius 3 is 2.44 bits per heavy atom. The van der Waals surface area contributed by atoms with Crippen molar-refractivity contribution in [3.8, 4) is 22.9 Å². The van der Waals surface area contributed by atoms with E-state index in [2.05, 4.69) is 26.4 Å². The molecule has 0 fully saturated rings. The van der Waals surface area contributed by atoms with Crippen LogP contribution in [0.15, 0.2) is 77.2 Å². The van der Waals surface area contributed by atoms with Crippen LogP contribution < -0.4 is 16.2 Å². The van der Waals surface area contributed by atoms with Crippen LogP contribution in [0, 0.1) is 5.82 Å². The number of hydrazine groups is 1. The monoisotopic (exact) mass is 467 g/mol. The van der Waals surface area contributed by atoms with Crippen molar-refractivity contribution in [3.05, 3.63) is 89.2 Å². The molecule has 4 aromatic rings. The van der Waals surface area contributed by atoms with Gasteiger partial charge < -0.3 is 9.73 Å². The van der Waals surface area contributed by atoms with E-state index in [-0.39, 0.29) is 5.11 Å². The van der Waals surface area contributed by atoms with Gasteiger partial charge in [0.1, 0.15) is 5.82 Å². The van der Waals surface area contributed by atoms with Gasteiger partial charge in [-0.25, -0.2) is 4.39 Å². The second-order valence-electron chi connectivity index (χ2n) is 6.51. The van der Waals surface area contributed by atoms with E-state index in [1.807, 2.05) is 12.1 Å². The Bertz CT molecular complexity index is 1280. The molecule has 7 nitrogen and oxygen atoms in total. The Morgan fingerprint density at radius 1 is 0.938 bits per heavy atom. The van der Waals surface area contributed by atoms with Crippen molar-refractivity contribution in [2.75, 3.05) is 5.32 Å². The molecule has 0 spiro atoms. The number of carbonyl (C=O) groups is 1. The summed E-state index contributed by atoms with van der Waals surface area (Å²) in [7, 11) is 0. The lowest BCUT2D eigenvalue weighted by Crippen LogP contribution is -2.43. The highest BCUT2D eigenvalue weighted by Crippen LogP contribution is 2.29. The van der Waals surface area contributed by atoms with E-state index in [1.54, 1.807) is 48.5 Å². The zero-order valence-electron chi connectivity index (χ0n) is 16.3. The third kappa shape index (κ3) is 5.08. The minimum absolute atomic E-state index is 0.110. The lowest BCUT2D eigenvalue weighted by molar-refractivity contribution is 0.0944. The SMILES string of the molecule is O=C(NNC(=S)Nc1cccc(F)c1)c1ccc(-c2nnc(-c3ccccc3Cl)o2)cc1. The first-order valence-electron chi connectivity index (χ1n) is 9.31. The number of hydrogen-bond donors (Lipinski definition) is 3. The lowest BCUT2D eigenvalue weighted by atomic mass is 10.1. The smallest absolute Gasteiger partial charge is 0.269 e. The molecule has 0 bridgehead atoms. The molecule has 0 aliphatic rings. The van der Waals surface area contributed by atoms with Gasteiger partial charge in [-0.05, 0) is 66.8 Å². The first kappa shape index (κ1) is 21.4. The second kappa shape index (κ2) is 9.54. The highest BCUT2D eigenvalue weighted by atomic mass is 35.5. The summed E-state index contributed by atoms with van der Waals surface area (Å²) < 4.78 is 18.9. The summed E-state index contributed by atoms with van der Waals surface area (Å²) >= 11 is 11.3. The van der Waals surface area contributed by atoms with Crippen molar-refractivity contribution in [1.29, 1.82) is 0 Å². The molecule has 0 atom stereocenters. The number of nitrogens with zero attached hydrogens (tertiary/aromatic N) is 2. The maximum atomic E-state index is 13.2. The van der Waals surface area contributed by atoms with Crippen molar-refractivity contribution in [3.63, 3.8) is 0 Å². The minimum Gasteiger partial charge on any atom is -0.416 e. The van der Waals surface area contributed by atoms with E-state index >= 15 is 0 Å². The van der Waals surface area contributed by atoms with E-state index < -0.39 is 11.7 Å². The highest BCUT2D eigenvalue weighted by molar-refractivity contribution is 7.80. The molecule has 4 rings (SSSR count). The largest absolute Gasteiger partial charge is 0.416 e. The average Bonchev–Trinajstić information content (AvgIpc) is 3.28. The van der Waals surface area contributed by atoms with Crippen LogP contribution in [0.25, 0.3) is 22.9 Å². The van der Waals surface area contributed by atoms with Gasteiger partial charge in [-0.2, -0.15) is 0 Å². The molecule has 1 heterocycles. The normalized spacial score (nSPS) is 10.4. The first-order valence-corrected chi connectivity index (χ1v) is 10.1. The van der Waals surface area contributed by atoms with E-state index in [0.29, 0.717) is 39.2 Å². The molecule has 0 aliphatic heterocycles. The Balaban J connectivity index is 1.37. The van der Waals surface area contributed by atoms with Gasteiger partial charge in [0.15, 0.2) is 5.11 Å². The van der Waals surface area contributed by atoms with E-state index in [9.17, 15) is 9.18 Å². The molecule has 1 aromatic heterocycles. The molecule has 0 saturated heterocycles. The predicted molar refractivity (Wildman–Crippen MR) is 123 cm³/mol. The maximum absolute atomic E-state index is 13.2. The summed E-state index contributed by atoms with van der Waals surface area (Å²) in [5.41, 5.74) is 7.15. The lowest BCUT2D eigenvalue weighted by Gasteiger charge is -2.11. The number of rotatable bonds is 4. The zero-order chi connectivity index (χ0) is 22.5. The molecular weight excluding hydrogens is 453 g/mol. The van der Waals surface area contributed by atoms with E-state index in [0.717, 1.165) is 0 Å². The van der Waals surface area contributed by atoms with Crippen molar-refractivity contribution >= 4 is 40.5 Å². The fourth-order valence-corrected chi connectivity index (χ4v) is 3.15. The van der Waals surface area contributed by atoms with Crippen LogP contribution in [0.2, 0.25) is 5.02 Å². The quantitative estimate of drug-likeness (QED) is 0.292. The van der Waals surface area contributed by atoms with Gasteiger partial charge >= 0.3 is 0 Å². The van der Waals surface area contributed by atoms with Gasteiger partial charge in [0.2, 0.25) is 11.8 Å². The summed E-state index contributed by atoms with van der Waals surface area (Å²) in [5.74, 6) is -0.217. The number of nitrogens with one attached hydrogen (secondary N) is 3. The van der Waals surface area contributed by atoms with Gasteiger partial charge in [0.05, 0.1) is 10.6 Å². The van der Waals surface area contributed by atoms with Gasteiger partial charge in [-0.3, -0.25) is 15.6 Å². The van der Waals surface area contributed by atoms with Crippen LogP contribution in [-0.4, -0.2) is 21.2 Å². The summed E-state index contributed by atoms with van der Waals surface area (Å²) in [6, 6.07) is 19.5. The fourth-order valence-electron chi connectivity index (χ4n) is 2.76. The average molecular weight is 468 g/mol. The summed E-state index contributed by atoms with van der Waals surface area (Å²) in [4.78, 5) is 12.3. The van der Waals surface area contributed by atoms with Crippen LogP contribution in [0.3, 0.4) is 0 Å². The second-order valence-corrected chi connectivity index (χ2v) is 7.33. The molecule has 3 aromatic carbocycles. The van der Waals surface area contributed by atoms with Crippen LogP contribution in [0.1, 0.15) is 10.4 Å². The fraction of sp³-hybridized carbons (Fsp3) is 0. The third-order valence-corrected chi connectivity index (χ3v) is 4.83. The van der Waals surface area contributed by atoms with Crippen LogP contribution >= 0.6 is 23.8 Å². The van der Waals surface area contributed by atoms with Crippen LogP contribution in [0.4, 0.5) is 10.1 Å². The topological polar surface area (TPSA) is 92.1 Å². The van der Waals surface area contributed by atoms with Gasteiger partial charge in [-0.1, -0.05) is 29.8 Å². The van der Waals surface area contributed by atoms with Crippen molar-refractivity contribution in [1.82, 2.24) is 21.0 Å². The Labute approximate surface area is 192 Å². The Hall–Kier alpha value is -3.82. The van der Waals surface area contributed by atoms with Gasteiger partial charge in [0, 0.05) is 16.8 Å². The molecule has 10 heteroatoms. The summed E-state index contributed by atoms with van der Waals surface area (Å²) in [5, 5.41) is 11.5. The first-order chi connectivity index (χ1) is 15.5. The molecule has 0 unspecified atom stereocenters. The van der Waals surface area contributed by atoms with E-state index in [1.165, 1.54) is 12.1 Å². The van der Waals surface area contributed by atoms with Crippen molar-refractivity contribution in [2.24, 2.45) is 0 Å². The Kier molecular flexibility index (Phi) is 6.39. The summed E-state index contributed by atoms with van der Waals surface area (Å²) in [6.07, 6.45) is 0. The predicted octanol–water partition coefficient (Wildman–Crippen LogP) is 4.83. The number of aromatic nitrogens is 2. The molecule has 32 heavy (non-hydrogen) atoms.